The molecule has 0 atom stereocenters. The van der Waals surface area contributed by atoms with Crippen molar-refractivity contribution >= 4 is 39.1 Å². The Hall–Kier alpha value is -2.35. The molecule has 120 valence electrons. The number of terminal acetylenes is 1. The van der Waals surface area contributed by atoms with Gasteiger partial charge in [-0.3, -0.25) is 4.79 Å². The van der Waals surface area contributed by atoms with Crippen LogP contribution in [-0.2, 0) is 6.54 Å². The maximum atomic E-state index is 12.6. The van der Waals surface area contributed by atoms with E-state index in [-0.39, 0.29) is 5.91 Å². The summed E-state index contributed by atoms with van der Waals surface area (Å²) in [7, 11) is 0. The van der Waals surface area contributed by atoms with Gasteiger partial charge in [-0.1, -0.05) is 52.6 Å². The van der Waals surface area contributed by atoms with E-state index in [1.807, 2.05) is 48.7 Å². The highest BCUT2D eigenvalue weighted by molar-refractivity contribution is 7.16. The van der Waals surface area contributed by atoms with Gasteiger partial charge in [-0.15, -0.1) is 6.42 Å². The van der Waals surface area contributed by atoms with E-state index in [9.17, 15) is 4.79 Å². The molecule has 2 aromatic carbocycles. The Labute approximate surface area is 149 Å². The van der Waals surface area contributed by atoms with Crippen LogP contribution in [0, 0.1) is 26.2 Å². The Morgan fingerprint density at radius 3 is 2.88 bits per heavy atom. The Morgan fingerprint density at radius 2 is 2.12 bits per heavy atom. The van der Waals surface area contributed by atoms with E-state index in [0.29, 0.717) is 21.9 Å². The first-order valence-electron chi connectivity index (χ1n) is 7.39. The van der Waals surface area contributed by atoms with Gasteiger partial charge < -0.3 is 4.57 Å². The molecule has 0 aliphatic heterocycles. The molecule has 0 saturated heterocycles. The van der Waals surface area contributed by atoms with Gasteiger partial charge in [0.05, 0.1) is 21.8 Å². The number of rotatable bonds is 2. The molecule has 0 spiro atoms. The third kappa shape index (κ3) is 3.01. The van der Waals surface area contributed by atoms with Crippen LogP contribution in [0.25, 0.3) is 10.2 Å². The number of amides is 1. The molecule has 1 aromatic heterocycles. The summed E-state index contributed by atoms with van der Waals surface area (Å²) in [5.74, 6) is 2.33. The van der Waals surface area contributed by atoms with E-state index in [1.54, 1.807) is 6.07 Å². The third-order valence-electron chi connectivity index (χ3n) is 3.72. The van der Waals surface area contributed by atoms with Gasteiger partial charge in [-0.25, -0.2) is 0 Å². The van der Waals surface area contributed by atoms with Crippen LogP contribution in [0.2, 0.25) is 5.02 Å². The standard InChI is InChI=1S/C19H15ClN2OS/c1-4-10-22-17-15(20)6-5-7-16(17)24-19(22)21-18(23)14-11-12(2)8-9-13(14)3/h1,5-9,11H,10H2,2-3H3. The van der Waals surface area contributed by atoms with Crippen LogP contribution < -0.4 is 4.80 Å². The second kappa shape index (κ2) is 6.64. The van der Waals surface area contributed by atoms with Crippen LogP contribution in [0.4, 0.5) is 0 Å². The second-order valence-electron chi connectivity index (χ2n) is 5.50. The quantitative estimate of drug-likeness (QED) is 0.630. The monoisotopic (exact) mass is 354 g/mol. The van der Waals surface area contributed by atoms with Gasteiger partial charge in [-0.2, -0.15) is 4.99 Å². The van der Waals surface area contributed by atoms with Crippen LogP contribution in [0.5, 0.6) is 0 Å². The van der Waals surface area contributed by atoms with Gasteiger partial charge >= 0.3 is 0 Å². The number of nitrogens with zero attached hydrogens (tertiary/aromatic N) is 2. The van der Waals surface area contributed by atoms with E-state index in [4.69, 9.17) is 18.0 Å². The van der Waals surface area contributed by atoms with E-state index >= 15 is 0 Å². The minimum Gasteiger partial charge on any atom is -0.303 e. The van der Waals surface area contributed by atoms with Crippen molar-refractivity contribution in [2.45, 2.75) is 20.4 Å². The molecule has 0 bridgehead atoms. The number of carbonyl (C=O) groups is 1. The summed E-state index contributed by atoms with van der Waals surface area (Å²) in [5, 5.41) is 0.597. The lowest BCUT2D eigenvalue weighted by Gasteiger charge is -2.03. The molecule has 3 nitrogen and oxygen atoms in total. The summed E-state index contributed by atoms with van der Waals surface area (Å²) in [4.78, 5) is 17.5. The molecule has 3 rings (SSSR count). The molecule has 24 heavy (non-hydrogen) atoms. The van der Waals surface area contributed by atoms with Gasteiger partial charge in [0.15, 0.2) is 4.80 Å². The first-order valence-corrected chi connectivity index (χ1v) is 8.58. The van der Waals surface area contributed by atoms with Crippen molar-refractivity contribution in [3.63, 3.8) is 0 Å². The Kier molecular flexibility index (Phi) is 4.57. The molecular formula is C19H15ClN2OS. The van der Waals surface area contributed by atoms with Crippen molar-refractivity contribution < 1.29 is 4.79 Å². The van der Waals surface area contributed by atoms with Crippen LogP contribution in [-0.4, -0.2) is 10.5 Å². The predicted molar refractivity (Wildman–Crippen MR) is 99.5 cm³/mol. The highest BCUT2D eigenvalue weighted by atomic mass is 35.5. The molecule has 0 aliphatic rings. The number of aryl methyl sites for hydroxylation is 2. The largest absolute Gasteiger partial charge is 0.303 e. The summed E-state index contributed by atoms with van der Waals surface area (Å²) in [5.41, 5.74) is 3.34. The zero-order chi connectivity index (χ0) is 17.3. The first kappa shape index (κ1) is 16.5. The van der Waals surface area contributed by atoms with Crippen LogP contribution >= 0.6 is 22.9 Å². The molecule has 1 heterocycles. The fraction of sp³-hybridized carbons (Fsp3) is 0.158. The van der Waals surface area contributed by atoms with Crippen LogP contribution in [0.15, 0.2) is 41.4 Å². The van der Waals surface area contributed by atoms with Crippen molar-refractivity contribution in [2.24, 2.45) is 4.99 Å². The predicted octanol–water partition coefficient (Wildman–Crippen LogP) is 4.35. The average molecular weight is 355 g/mol. The van der Waals surface area contributed by atoms with Crippen LogP contribution in [0.3, 0.4) is 0 Å². The number of benzene rings is 2. The molecule has 0 aliphatic carbocycles. The number of hydrogen-bond donors (Lipinski definition) is 0. The highest BCUT2D eigenvalue weighted by Gasteiger charge is 2.12. The number of halogens is 1. The first-order chi connectivity index (χ1) is 11.5. The molecular weight excluding hydrogens is 340 g/mol. The summed E-state index contributed by atoms with van der Waals surface area (Å²) in [6, 6.07) is 11.4. The SMILES string of the molecule is C#CCn1c(=NC(=O)c2cc(C)ccc2C)sc2cccc(Cl)c21. The smallest absolute Gasteiger partial charge is 0.279 e. The minimum atomic E-state index is -0.273. The molecule has 0 unspecified atom stereocenters. The number of carbonyl (C=O) groups excluding carboxylic acids is 1. The zero-order valence-electron chi connectivity index (χ0n) is 13.3. The number of aromatic nitrogens is 1. The van der Waals surface area contributed by atoms with Crippen molar-refractivity contribution in [2.75, 3.05) is 0 Å². The van der Waals surface area contributed by atoms with Crippen molar-refractivity contribution in [3.8, 4) is 12.3 Å². The highest BCUT2D eigenvalue weighted by Crippen LogP contribution is 2.25. The Balaban J connectivity index is 2.22. The fourth-order valence-electron chi connectivity index (χ4n) is 2.52. The van der Waals surface area contributed by atoms with Crippen LogP contribution in [0.1, 0.15) is 21.5 Å². The second-order valence-corrected chi connectivity index (χ2v) is 6.91. The Bertz CT molecular complexity index is 1050. The molecule has 5 heteroatoms. The fourth-order valence-corrected chi connectivity index (χ4v) is 3.91. The lowest BCUT2D eigenvalue weighted by atomic mass is 10.1. The average Bonchev–Trinajstić information content (AvgIpc) is 2.89. The lowest BCUT2D eigenvalue weighted by molar-refractivity contribution is 0.0997. The molecule has 1 amide bonds. The molecule has 3 aromatic rings. The molecule has 0 fully saturated rings. The lowest BCUT2D eigenvalue weighted by Crippen LogP contribution is -2.17. The van der Waals surface area contributed by atoms with Crippen molar-refractivity contribution in [3.05, 3.63) is 62.9 Å². The van der Waals surface area contributed by atoms with Gasteiger partial charge in [0.25, 0.3) is 5.91 Å². The van der Waals surface area contributed by atoms with E-state index < -0.39 is 0 Å². The topological polar surface area (TPSA) is 34.4 Å². The van der Waals surface area contributed by atoms with Crippen molar-refractivity contribution in [1.82, 2.24) is 4.57 Å². The number of hydrogen-bond acceptors (Lipinski definition) is 2. The summed E-state index contributed by atoms with van der Waals surface area (Å²) >= 11 is 7.71. The summed E-state index contributed by atoms with van der Waals surface area (Å²) < 4.78 is 2.76. The minimum absolute atomic E-state index is 0.273. The van der Waals surface area contributed by atoms with E-state index in [0.717, 1.165) is 21.3 Å². The third-order valence-corrected chi connectivity index (χ3v) is 5.07. The molecule has 0 saturated carbocycles. The van der Waals surface area contributed by atoms with Gasteiger partial charge in [-0.05, 0) is 37.6 Å². The molecule has 0 N–H and O–H groups in total. The molecule has 0 radical (unpaired) electrons. The summed E-state index contributed by atoms with van der Waals surface area (Å²) in [6.45, 7) is 4.16. The van der Waals surface area contributed by atoms with E-state index in [2.05, 4.69) is 10.9 Å². The van der Waals surface area contributed by atoms with Gasteiger partial charge in [0.1, 0.15) is 0 Å². The number of fused-ring (bicyclic) bond motifs is 1. The maximum absolute atomic E-state index is 12.6. The number of para-hydroxylation sites is 1. The number of thiazole rings is 1. The van der Waals surface area contributed by atoms with Gasteiger partial charge in [0, 0.05) is 5.56 Å². The zero-order valence-corrected chi connectivity index (χ0v) is 14.9. The van der Waals surface area contributed by atoms with Gasteiger partial charge in [0.2, 0.25) is 0 Å². The summed E-state index contributed by atoms with van der Waals surface area (Å²) in [6.07, 6.45) is 5.48. The normalized spacial score (nSPS) is 11.7. The maximum Gasteiger partial charge on any atom is 0.279 e. The van der Waals surface area contributed by atoms with E-state index in [1.165, 1.54) is 11.3 Å². The Morgan fingerprint density at radius 1 is 1.33 bits per heavy atom. The van der Waals surface area contributed by atoms with Crippen molar-refractivity contribution in [1.29, 1.82) is 0 Å².